The quantitative estimate of drug-likeness (QED) is 0.0541. The lowest BCUT2D eigenvalue weighted by Gasteiger charge is -2.16. The Bertz CT molecular complexity index is 1760. The number of aromatic hydroxyl groups is 1. The lowest BCUT2D eigenvalue weighted by atomic mass is 10.2. The van der Waals surface area contributed by atoms with Gasteiger partial charge >= 0.3 is 5.97 Å². The van der Waals surface area contributed by atoms with Gasteiger partial charge in [-0.2, -0.15) is 13.8 Å². The summed E-state index contributed by atoms with van der Waals surface area (Å²) in [6.45, 7) is 1.85. The summed E-state index contributed by atoms with van der Waals surface area (Å²) >= 11 is 0. The van der Waals surface area contributed by atoms with Crippen LogP contribution >= 0.6 is 0 Å². The molecular formula is C30H26F2N6O6. The number of carbonyl (C=O) groups excluding carboxylic acids is 1. The van der Waals surface area contributed by atoms with E-state index in [0.29, 0.717) is 11.3 Å². The van der Waals surface area contributed by atoms with Gasteiger partial charge in [0, 0.05) is 23.4 Å². The van der Waals surface area contributed by atoms with Gasteiger partial charge in [0.15, 0.2) is 17.5 Å². The summed E-state index contributed by atoms with van der Waals surface area (Å²) in [5.74, 6) is -7.37. The van der Waals surface area contributed by atoms with Gasteiger partial charge in [0.2, 0.25) is 17.4 Å². The summed E-state index contributed by atoms with van der Waals surface area (Å²) in [7, 11) is 0. The van der Waals surface area contributed by atoms with E-state index < -0.39 is 40.9 Å². The summed E-state index contributed by atoms with van der Waals surface area (Å²) in [5, 5.41) is 27.9. The molecule has 0 atom stereocenters. The van der Waals surface area contributed by atoms with Gasteiger partial charge in [-0.25, -0.2) is 4.79 Å². The second-order valence-corrected chi connectivity index (χ2v) is 8.81. The van der Waals surface area contributed by atoms with E-state index >= 15 is 8.78 Å². The SMILES string of the molecule is CCOC(=O)/C=C/c1cccc(Oc2c(F)c(Oc3cccc(NC(=N)N)c3)nc(Oc3cc(C(=N)N)ccc3O)c2F)c1. The molecule has 0 aliphatic rings. The number of amidine groups is 1. The van der Waals surface area contributed by atoms with Crippen LogP contribution in [0.4, 0.5) is 14.5 Å². The maximum atomic E-state index is 15.8. The Hall–Kier alpha value is -6.18. The molecule has 8 N–H and O–H groups in total. The molecule has 0 amide bonds. The van der Waals surface area contributed by atoms with E-state index in [0.717, 1.165) is 0 Å². The molecule has 0 fully saturated rings. The van der Waals surface area contributed by atoms with Crippen LogP contribution in [0.2, 0.25) is 0 Å². The maximum absolute atomic E-state index is 15.8. The summed E-state index contributed by atoms with van der Waals surface area (Å²) in [4.78, 5) is 15.5. The minimum atomic E-state index is -1.39. The van der Waals surface area contributed by atoms with E-state index in [1.807, 2.05) is 0 Å². The molecule has 3 aromatic carbocycles. The number of guanidine groups is 1. The number of nitrogens with one attached hydrogen (secondary N) is 3. The van der Waals surface area contributed by atoms with Crippen LogP contribution in [-0.2, 0) is 9.53 Å². The summed E-state index contributed by atoms with van der Waals surface area (Å²) in [6.07, 6.45) is 2.62. The van der Waals surface area contributed by atoms with Crippen LogP contribution in [0.15, 0.2) is 72.8 Å². The summed E-state index contributed by atoms with van der Waals surface area (Å²) < 4.78 is 53.1. The molecule has 226 valence electrons. The first-order valence-corrected chi connectivity index (χ1v) is 12.8. The van der Waals surface area contributed by atoms with E-state index in [1.54, 1.807) is 19.1 Å². The summed E-state index contributed by atoms with van der Waals surface area (Å²) in [6, 6.07) is 15.6. The number of rotatable bonds is 11. The average Bonchev–Trinajstić information content (AvgIpc) is 2.98. The molecule has 4 aromatic rings. The van der Waals surface area contributed by atoms with Crippen molar-refractivity contribution in [2.75, 3.05) is 11.9 Å². The number of nitrogen functional groups attached to an aromatic ring is 1. The highest BCUT2D eigenvalue weighted by Crippen LogP contribution is 2.41. The number of pyridine rings is 1. The number of hydrogen-bond acceptors (Lipinski definition) is 9. The number of carbonyl (C=O) groups is 1. The topological polar surface area (TPSA) is 199 Å². The second kappa shape index (κ2) is 13.7. The molecule has 1 aromatic heterocycles. The lowest BCUT2D eigenvalue weighted by molar-refractivity contribution is -0.137. The zero-order valence-corrected chi connectivity index (χ0v) is 23.1. The summed E-state index contributed by atoms with van der Waals surface area (Å²) in [5.41, 5.74) is 11.8. The number of aromatic nitrogens is 1. The molecule has 0 saturated carbocycles. The largest absolute Gasteiger partial charge is 0.504 e. The van der Waals surface area contributed by atoms with Crippen LogP contribution in [0.25, 0.3) is 6.08 Å². The molecule has 12 nitrogen and oxygen atoms in total. The Morgan fingerprint density at radius 3 is 2.32 bits per heavy atom. The number of nitrogens with zero attached hydrogens (tertiary/aromatic N) is 1. The molecule has 0 aliphatic heterocycles. The number of ether oxygens (including phenoxy) is 4. The van der Waals surface area contributed by atoms with Crippen LogP contribution in [0.5, 0.6) is 40.5 Å². The van der Waals surface area contributed by atoms with Crippen molar-refractivity contribution in [2.24, 2.45) is 11.5 Å². The Kier molecular flexibility index (Phi) is 9.55. The standard InChI is InChI=1S/C30H26F2N6O6/c1-2-41-23(40)12-9-16-5-3-7-19(13-16)42-26-24(31)28(43-20-8-4-6-18(15-20)37-30(35)36)38-29(25(26)32)44-22-14-17(27(33)34)10-11-21(22)39/h3-15,39H,2H2,1H3,(H3,33,34)(H4,35,36,37)/b12-9+. The van der Waals surface area contributed by atoms with Crippen molar-refractivity contribution >= 4 is 29.5 Å². The number of hydrogen-bond donors (Lipinski definition) is 6. The molecule has 0 saturated heterocycles. The molecule has 0 bridgehead atoms. The minimum Gasteiger partial charge on any atom is -0.504 e. The minimum absolute atomic E-state index is 0.0222. The Morgan fingerprint density at radius 2 is 1.64 bits per heavy atom. The first-order chi connectivity index (χ1) is 21.0. The fraction of sp³-hybridized carbons (Fsp3) is 0.0667. The molecule has 0 unspecified atom stereocenters. The first kappa shape index (κ1) is 30.8. The third-order valence-corrected chi connectivity index (χ3v) is 5.56. The molecule has 4 rings (SSSR count). The number of esters is 1. The second-order valence-electron chi connectivity index (χ2n) is 8.81. The van der Waals surface area contributed by atoms with Crippen LogP contribution in [0.1, 0.15) is 18.1 Å². The van der Waals surface area contributed by atoms with Gasteiger partial charge in [-0.15, -0.1) is 0 Å². The Balaban J connectivity index is 1.77. The molecule has 0 radical (unpaired) electrons. The Labute approximate surface area is 249 Å². The molecule has 1 heterocycles. The van der Waals surface area contributed by atoms with E-state index in [4.69, 9.17) is 41.2 Å². The van der Waals surface area contributed by atoms with Gasteiger partial charge < -0.3 is 40.8 Å². The van der Waals surface area contributed by atoms with Crippen LogP contribution in [0.3, 0.4) is 0 Å². The van der Waals surface area contributed by atoms with Crippen LogP contribution in [0, 0.1) is 22.5 Å². The Morgan fingerprint density at radius 1 is 0.955 bits per heavy atom. The zero-order chi connectivity index (χ0) is 31.8. The third kappa shape index (κ3) is 7.76. The molecular weight excluding hydrogens is 578 g/mol. The predicted octanol–water partition coefficient (Wildman–Crippen LogP) is 5.61. The number of phenols is 1. The number of benzene rings is 3. The van der Waals surface area contributed by atoms with Crippen LogP contribution < -0.4 is 31.0 Å². The number of phenolic OH excluding ortho intramolecular Hbond substituents is 1. The fourth-order valence-electron chi connectivity index (χ4n) is 3.63. The maximum Gasteiger partial charge on any atom is 0.330 e. The van der Waals surface area contributed by atoms with Crippen molar-refractivity contribution in [3.05, 3.63) is 95.6 Å². The van der Waals surface area contributed by atoms with Crippen molar-refractivity contribution in [1.29, 1.82) is 10.8 Å². The highest BCUT2D eigenvalue weighted by molar-refractivity contribution is 5.95. The smallest absolute Gasteiger partial charge is 0.330 e. The third-order valence-electron chi connectivity index (χ3n) is 5.56. The van der Waals surface area contributed by atoms with E-state index in [-0.39, 0.29) is 41.2 Å². The van der Waals surface area contributed by atoms with Gasteiger partial charge in [-0.05, 0) is 61.0 Å². The van der Waals surface area contributed by atoms with E-state index in [9.17, 15) is 9.90 Å². The fourth-order valence-corrected chi connectivity index (χ4v) is 3.63. The highest BCUT2D eigenvalue weighted by Gasteiger charge is 2.27. The molecule has 14 heteroatoms. The lowest BCUT2D eigenvalue weighted by Crippen LogP contribution is -2.20. The average molecular weight is 605 g/mol. The van der Waals surface area contributed by atoms with Gasteiger partial charge in [0.1, 0.15) is 17.3 Å². The normalized spacial score (nSPS) is 10.7. The van der Waals surface area contributed by atoms with Gasteiger partial charge in [-0.3, -0.25) is 10.8 Å². The van der Waals surface area contributed by atoms with Gasteiger partial charge in [0.25, 0.3) is 11.8 Å². The van der Waals surface area contributed by atoms with E-state index in [2.05, 4.69) is 10.3 Å². The van der Waals surface area contributed by atoms with Crippen LogP contribution in [-0.4, -0.2) is 34.5 Å². The molecule has 0 spiro atoms. The van der Waals surface area contributed by atoms with Crippen molar-refractivity contribution in [1.82, 2.24) is 4.98 Å². The number of anilines is 1. The number of nitrogens with two attached hydrogens (primary N) is 2. The molecule has 44 heavy (non-hydrogen) atoms. The van der Waals surface area contributed by atoms with E-state index in [1.165, 1.54) is 66.7 Å². The van der Waals surface area contributed by atoms with Gasteiger partial charge in [0.05, 0.1) is 6.61 Å². The molecule has 0 aliphatic carbocycles. The van der Waals surface area contributed by atoms with Crippen molar-refractivity contribution in [3.8, 4) is 40.5 Å². The zero-order valence-electron chi connectivity index (χ0n) is 23.1. The van der Waals surface area contributed by atoms with Crippen molar-refractivity contribution < 1.29 is 37.6 Å². The first-order valence-electron chi connectivity index (χ1n) is 12.8. The predicted molar refractivity (Wildman–Crippen MR) is 158 cm³/mol. The van der Waals surface area contributed by atoms with Crippen molar-refractivity contribution in [2.45, 2.75) is 6.92 Å². The monoisotopic (exact) mass is 604 g/mol. The highest BCUT2D eigenvalue weighted by atomic mass is 19.1. The van der Waals surface area contributed by atoms with Gasteiger partial charge in [-0.1, -0.05) is 18.2 Å². The number of halogens is 2. The van der Waals surface area contributed by atoms with Crippen molar-refractivity contribution in [3.63, 3.8) is 0 Å².